The first kappa shape index (κ1) is 19.5. The Hall–Kier alpha value is -1.80. The van der Waals surface area contributed by atoms with Crippen molar-refractivity contribution in [1.82, 2.24) is 10.6 Å². The van der Waals surface area contributed by atoms with Gasteiger partial charge in [0.1, 0.15) is 0 Å². The molecule has 0 spiro atoms. The highest BCUT2D eigenvalue weighted by atomic mass is 32.2. The fourth-order valence-corrected chi connectivity index (χ4v) is 4.13. The Kier molecular flexibility index (Phi) is 6.66. The minimum Gasteiger partial charge on any atom is -0.493 e. The third kappa shape index (κ3) is 5.09. The Bertz CT molecular complexity index is 705. The number of rotatable bonds is 7. The Balaban J connectivity index is 1.97. The van der Waals surface area contributed by atoms with Crippen LogP contribution in [0.15, 0.2) is 23.1 Å². The SMILES string of the molecule is COc1ccc(S(=O)(=O)CCC(=O)NC2CCCNC2C)cc1OC. The maximum Gasteiger partial charge on any atom is 0.221 e. The van der Waals surface area contributed by atoms with Gasteiger partial charge in [0, 0.05) is 24.6 Å². The van der Waals surface area contributed by atoms with Crippen LogP contribution >= 0.6 is 0 Å². The normalized spacial score (nSPS) is 20.8. The third-order valence-electron chi connectivity index (χ3n) is 4.42. The van der Waals surface area contributed by atoms with Crippen LogP contribution < -0.4 is 20.1 Å². The van der Waals surface area contributed by atoms with Gasteiger partial charge in [-0.3, -0.25) is 4.79 Å². The summed E-state index contributed by atoms with van der Waals surface area (Å²) in [7, 11) is -0.650. The molecule has 0 bridgehead atoms. The standard InChI is InChI=1S/C17H26N2O5S/c1-12-14(5-4-9-18-12)19-17(20)8-10-25(21,22)13-6-7-15(23-2)16(11-13)24-3/h6-7,11-12,14,18H,4-5,8-10H2,1-3H3,(H,19,20). The van der Waals surface area contributed by atoms with Crippen LogP contribution in [0.1, 0.15) is 26.2 Å². The smallest absolute Gasteiger partial charge is 0.221 e. The van der Waals surface area contributed by atoms with Crippen LogP contribution in [0.5, 0.6) is 11.5 Å². The van der Waals surface area contributed by atoms with Crippen LogP contribution in [0.4, 0.5) is 0 Å². The quantitative estimate of drug-likeness (QED) is 0.747. The highest BCUT2D eigenvalue weighted by Gasteiger charge is 2.24. The Morgan fingerprint density at radius 3 is 2.64 bits per heavy atom. The summed E-state index contributed by atoms with van der Waals surface area (Å²) in [6.07, 6.45) is 1.83. The molecule has 2 N–H and O–H groups in total. The van der Waals surface area contributed by atoms with Crippen LogP contribution in [0, 0.1) is 0 Å². The lowest BCUT2D eigenvalue weighted by Gasteiger charge is -2.30. The molecule has 0 aliphatic carbocycles. The zero-order valence-corrected chi connectivity index (χ0v) is 15.7. The van der Waals surface area contributed by atoms with Gasteiger partial charge in [0.2, 0.25) is 5.91 Å². The zero-order valence-electron chi connectivity index (χ0n) is 14.9. The topological polar surface area (TPSA) is 93.7 Å². The molecule has 2 rings (SSSR count). The lowest BCUT2D eigenvalue weighted by atomic mass is 10.00. The highest BCUT2D eigenvalue weighted by Crippen LogP contribution is 2.29. The van der Waals surface area contributed by atoms with Gasteiger partial charge in [0.25, 0.3) is 0 Å². The van der Waals surface area contributed by atoms with E-state index in [4.69, 9.17) is 9.47 Å². The molecule has 2 unspecified atom stereocenters. The van der Waals surface area contributed by atoms with E-state index in [2.05, 4.69) is 10.6 Å². The van der Waals surface area contributed by atoms with Gasteiger partial charge in [-0.1, -0.05) is 0 Å². The van der Waals surface area contributed by atoms with Gasteiger partial charge >= 0.3 is 0 Å². The number of amides is 1. The number of sulfone groups is 1. The van der Waals surface area contributed by atoms with Crippen molar-refractivity contribution >= 4 is 15.7 Å². The Labute approximate surface area is 149 Å². The average Bonchev–Trinajstić information content (AvgIpc) is 2.61. The number of nitrogens with one attached hydrogen (secondary N) is 2. The molecule has 0 aromatic heterocycles. The lowest BCUT2D eigenvalue weighted by molar-refractivity contribution is -0.121. The fourth-order valence-electron chi connectivity index (χ4n) is 2.88. The van der Waals surface area contributed by atoms with Crippen molar-refractivity contribution in [3.8, 4) is 11.5 Å². The maximum absolute atomic E-state index is 12.5. The highest BCUT2D eigenvalue weighted by molar-refractivity contribution is 7.91. The van der Waals surface area contributed by atoms with Gasteiger partial charge in [-0.05, 0) is 38.4 Å². The molecule has 140 valence electrons. The average molecular weight is 370 g/mol. The van der Waals surface area contributed by atoms with Crippen LogP contribution in [0.3, 0.4) is 0 Å². The first-order chi connectivity index (χ1) is 11.9. The molecule has 1 aliphatic heterocycles. The second-order valence-electron chi connectivity index (χ2n) is 6.14. The van der Waals surface area contributed by atoms with Gasteiger partial charge < -0.3 is 20.1 Å². The maximum atomic E-state index is 12.5. The molecule has 2 atom stereocenters. The van der Waals surface area contributed by atoms with Crippen LogP contribution in [0.25, 0.3) is 0 Å². The number of hydrogen-bond acceptors (Lipinski definition) is 6. The van der Waals surface area contributed by atoms with Crippen molar-refractivity contribution in [1.29, 1.82) is 0 Å². The van der Waals surface area contributed by atoms with Gasteiger partial charge in [0.15, 0.2) is 21.3 Å². The molecule has 1 heterocycles. The molecule has 8 heteroatoms. The summed E-state index contributed by atoms with van der Waals surface area (Å²) in [4.78, 5) is 12.2. The summed E-state index contributed by atoms with van der Waals surface area (Å²) in [5.74, 6) is 0.306. The summed E-state index contributed by atoms with van der Waals surface area (Å²) in [5.41, 5.74) is 0. The van der Waals surface area contributed by atoms with Gasteiger partial charge in [-0.15, -0.1) is 0 Å². The van der Waals surface area contributed by atoms with Crippen LogP contribution in [-0.4, -0.2) is 52.9 Å². The number of benzene rings is 1. The minimum absolute atomic E-state index is 0.0463. The van der Waals surface area contributed by atoms with Gasteiger partial charge in [-0.2, -0.15) is 0 Å². The molecule has 0 saturated carbocycles. The number of methoxy groups -OCH3 is 2. The Morgan fingerprint density at radius 2 is 2.00 bits per heavy atom. The van der Waals surface area contributed by atoms with Crippen LogP contribution in [0.2, 0.25) is 0 Å². The molecular weight excluding hydrogens is 344 g/mol. The predicted molar refractivity (Wildman–Crippen MR) is 94.8 cm³/mol. The molecule has 1 saturated heterocycles. The third-order valence-corrected chi connectivity index (χ3v) is 6.13. The molecule has 1 aliphatic rings. The summed E-state index contributed by atoms with van der Waals surface area (Å²) < 4.78 is 35.2. The van der Waals surface area contributed by atoms with Crippen molar-refractivity contribution in [3.05, 3.63) is 18.2 Å². The second-order valence-corrected chi connectivity index (χ2v) is 8.25. The number of piperidine rings is 1. The molecule has 0 radical (unpaired) electrons. The van der Waals surface area contributed by atoms with Crippen LogP contribution in [-0.2, 0) is 14.6 Å². The Morgan fingerprint density at radius 1 is 1.28 bits per heavy atom. The van der Waals surface area contributed by atoms with Crippen molar-refractivity contribution in [2.75, 3.05) is 26.5 Å². The summed E-state index contributed by atoms with van der Waals surface area (Å²) in [5, 5.41) is 6.22. The molecule has 25 heavy (non-hydrogen) atoms. The summed E-state index contributed by atoms with van der Waals surface area (Å²) in [6.45, 7) is 2.96. The van der Waals surface area contributed by atoms with Crippen molar-refractivity contribution < 1.29 is 22.7 Å². The number of hydrogen-bond donors (Lipinski definition) is 2. The minimum atomic E-state index is -3.58. The van der Waals surface area contributed by atoms with E-state index in [0.29, 0.717) is 11.5 Å². The van der Waals surface area contributed by atoms with E-state index in [1.54, 1.807) is 6.07 Å². The van der Waals surface area contributed by atoms with E-state index >= 15 is 0 Å². The van der Waals surface area contributed by atoms with E-state index in [1.165, 1.54) is 26.4 Å². The largest absolute Gasteiger partial charge is 0.493 e. The zero-order chi connectivity index (χ0) is 18.4. The number of ether oxygens (including phenoxy) is 2. The number of carbonyl (C=O) groups is 1. The first-order valence-electron chi connectivity index (χ1n) is 8.35. The van der Waals surface area contributed by atoms with Crippen molar-refractivity contribution in [2.45, 2.75) is 43.2 Å². The second kappa shape index (κ2) is 8.53. The van der Waals surface area contributed by atoms with E-state index in [0.717, 1.165) is 19.4 Å². The van der Waals surface area contributed by atoms with Crippen molar-refractivity contribution in [2.24, 2.45) is 0 Å². The van der Waals surface area contributed by atoms with E-state index in [9.17, 15) is 13.2 Å². The van der Waals surface area contributed by atoms with Gasteiger partial charge in [0.05, 0.1) is 24.9 Å². The molecule has 1 fully saturated rings. The van der Waals surface area contributed by atoms with Crippen molar-refractivity contribution in [3.63, 3.8) is 0 Å². The molecule has 7 nitrogen and oxygen atoms in total. The monoisotopic (exact) mass is 370 g/mol. The van der Waals surface area contributed by atoms with E-state index in [-0.39, 0.29) is 35.1 Å². The van der Waals surface area contributed by atoms with E-state index in [1.807, 2.05) is 6.92 Å². The molecule has 1 aromatic carbocycles. The molecular formula is C17H26N2O5S. The molecule has 1 aromatic rings. The first-order valence-corrected chi connectivity index (χ1v) is 10.00. The predicted octanol–water partition coefficient (Wildman–Crippen LogP) is 1.12. The lowest BCUT2D eigenvalue weighted by Crippen LogP contribution is -2.52. The number of carbonyl (C=O) groups excluding carboxylic acids is 1. The van der Waals surface area contributed by atoms with E-state index < -0.39 is 9.84 Å². The summed E-state index contributed by atoms with van der Waals surface area (Å²) in [6, 6.07) is 4.66. The summed E-state index contributed by atoms with van der Waals surface area (Å²) >= 11 is 0. The van der Waals surface area contributed by atoms with Gasteiger partial charge in [-0.25, -0.2) is 8.42 Å². The molecule has 1 amide bonds. The fraction of sp³-hybridized carbons (Fsp3) is 0.588.